The number of nitrogens with one attached hydrogen (secondary N) is 1. The lowest BCUT2D eigenvalue weighted by Gasteiger charge is -2.19. The van der Waals surface area contributed by atoms with Gasteiger partial charge in [0.05, 0.1) is 25.0 Å². The molecule has 0 radical (unpaired) electrons. The van der Waals surface area contributed by atoms with Gasteiger partial charge >= 0.3 is 12.3 Å². The molecule has 0 saturated heterocycles. The Kier molecular flexibility index (Phi) is 6.75. The molecule has 2 aromatic heterocycles. The fourth-order valence-electron chi connectivity index (χ4n) is 2.80. The fraction of sp³-hybridized carbons (Fsp3) is 0.250. The van der Waals surface area contributed by atoms with Gasteiger partial charge in [-0.3, -0.25) is 14.2 Å². The van der Waals surface area contributed by atoms with E-state index in [1.54, 1.807) is 0 Å². The van der Waals surface area contributed by atoms with Gasteiger partial charge in [0.15, 0.2) is 11.4 Å². The first-order valence-corrected chi connectivity index (χ1v) is 9.23. The van der Waals surface area contributed by atoms with Crippen molar-refractivity contribution < 1.29 is 31.1 Å². The summed E-state index contributed by atoms with van der Waals surface area (Å²) in [5.41, 5.74) is -5.01. The number of benzene rings is 1. The van der Waals surface area contributed by atoms with Gasteiger partial charge in [-0.2, -0.15) is 8.78 Å². The van der Waals surface area contributed by atoms with Crippen LogP contribution < -0.4 is 15.9 Å². The summed E-state index contributed by atoms with van der Waals surface area (Å²) in [4.78, 5) is 37.3. The molecule has 1 aromatic carbocycles. The van der Waals surface area contributed by atoms with Crippen LogP contribution in [0, 0.1) is 13.5 Å². The summed E-state index contributed by atoms with van der Waals surface area (Å²) in [6.45, 7) is 7.92. The number of aromatic amines is 1. The van der Waals surface area contributed by atoms with Crippen molar-refractivity contribution in [2.75, 3.05) is 0 Å². The minimum absolute atomic E-state index is 0.0937. The lowest BCUT2D eigenvalue weighted by molar-refractivity contribution is -0.139. The van der Waals surface area contributed by atoms with Gasteiger partial charge in [-0.1, -0.05) is 0 Å². The summed E-state index contributed by atoms with van der Waals surface area (Å²) in [5.74, 6) is -6.72. The van der Waals surface area contributed by atoms with E-state index in [1.165, 1.54) is 6.92 Å². The molecule has 0 aliphatic heterocycles. The van der Waals surface area contributed by atoms with Gasteiger partial charge in [0, 0.05) is 11.8 Å². The first-order chi connectivity index (χ1) is 15.9. The molecule has 0 fully saturated rings. The first-order valence-electron chi connectivity index (χ1n) is 9.23. The molecule has 0 unspecified atom stereocenters. The molecule has 178 valence electrons. The zero-order valence-electron chi connectivity index (χ0n) is 17.0. The lowest BCUT2D eigenvalue weighted by atomic mass is 10.2. The Hall–Kier alpha value is -4.15. The molecule has 2 heterocycles. The number of ether oxygens (including phenoxy) is 1. The molecule has 14 heteroatoms. The Morgan fingerprint density at radius 3 is 2.47 bits per heavy atom. The van der Waals surface area contributed by atoms with Gasteiger partial charge in [0.1, 0.15) is 11.6 Å². The zero-order valence-corrected chi connectivity index (χ0v) is 17.0. The molecular weight excluding hydrogens is 472 g/mol. The molecule has 0 aliphatic carbocycles. The number of hydrogen-bond donors (Lipinski definition) is 1. The van der Waals surface area contributed by atoms with E-state index >= 15 is 0 Å². The largest absolute Gasteiger partial charge is 0.451 e. The molecule has 3 rings (SSSR count). The molecule has 0 aliphatic rings. The Morgan fingerprint density at radius 1 is 1.18 bits per heavy atom. The third-order valence-electron chi connectivity index (χ3n) is 4.44. The van der Waals surface area contributed by atoms with Gasteiger partial charge in [-0.25, -0.2) is 32.4 Å². The highest BCUT2D eigenvalue weighted by Gasteiger charge is 2.48. The highest BCUT2D eigenvalue weighted by atomic mass is 19.3. The van der Waals surface area contributed by atoms with Crippen molar-refractivity contribution in [1.82, 2.24) is 19.5 Å². The van der Waals surface area contributed by atoms with E-state index in [0.717, 1.165) is 18.3 Å². The lowest BCUT2D eigenvalue weighted by Crippen LogP contribution is -2.32. The maximum absolute atomic E-state index is 14.2. The molecule has 0 bridgehead atoms. The minimum Gasteiger partial charge on any atom is -0.451 e. The Labute approximate surface area is 186 Å². The van der Waals surface area contributed by atoms with Crippen molar-refractivity contribution >= 4 is 5.69 Å². The van der Waals surface area contributed by atoms with Crippen LogP contribution in [0.3, 0.4) is 0 Å². The third-order valence-corrected chi connectivity index (χ3v) is 4.44. The smallest absolute Gasteiger partial charge is 0.352 e. The van der Waals surface area contributed by atoms with E-state index in [-0.39, 0.29) is 17.1 Å². The predicted octanol–water partition coefficient (Wildman–Crippen LogP) is 4.32. The van der Waals surface area contributed by atoms with Crippen LogP contribution in [0.2, 0.25) is 0 Å². The van der Waals surface area contributed by atoms with Gasteiger partial charge < -0.3 is 9.72 Å². The quantitative estimate of drug-likeness (QED) is 0.398. The van der Waals surface area contributed by atoms with E-state index in [9.17, 15) is 35.9 Å². The molecule has 1 N–H and O–H groups in total. The number of hydrogen-bond acceptors (Lipinski definition) is 5. The van der Waals surface area contributed by atoms with Crippen LogP contribution in [0.25, 0.3) is 4.85 Å². The van der Waals surface area contributed by atoms with Crippen LogP contribution in [0.4, 0.5) is 32.0 Å². The van der Waals surface area contributed by atoms with Crippen molar-refractivity contribution in [1.29, 1.82) is 0 Å². The van der Waals surface area contributed by atoms with Crippen molar-refractivity contribution in [2.45, 2.75) is 32.2 Å². The molecule has 34 heavy (non-hydrogen) atoms. The molecule has 0 spiro atoms. The number of nitrogens with zero attached hydrogens (tertiary/aromatic N) is 4. The Balaban J connectivity index is 2.18. The van der Waals surface area contributed by atoms with E-state index in [1.807, 2.05) is 0 Å². The predicted molar refractivity (Wildman–Crippen MR) is 105 cm³/mol. The highest BCUT2D eigenvalue weighted by molar-refractivity contribution is 5.53. The molecule has 0 atom stereocenters. The number of halogens is 6. The van der Waals surface area contributed by atoms with Gasteiger partial charge in [0.25, 0.3) is 17.5 Å². The van der Waals surface area contributed by atoms with Crippen LogP contribution in [0.15, 0.2) is 40.3 Å². The van der Waals surface area contributed by atoms with Gasteiger partial charge in [-0.15, -0.1) is 0 Å². The van der Waals surface area contributed by atoms with Gasteiger partial charge in [0.2, 0.25) is 5.75 Å². The fourth-order valence-corrected chi connectivity index (χ4v) is 2.80. The van der Waals surface area contributed by atoms with Gasteiger partial charge in [-0.05, 0) is 25.1 Å². The highest BCUT2D eigenvalue weighted by Crippen LogP contribution is 2.39. The average molecular weight is 485 g/mol. The van der Waals surface area contributed by atoms with Crippen LogP contribution in [0.5, 0.6) is 11.5 Å². The molecule has 0 amide bonds. The van der Waals surface area contributed by atoms with Crippen LogP contribution in [-0.4, -0.2) is 25.9 Å². The second kappa shape index (κ2) is 9.38. The standard InChI is InChI=1S/C20H13F6N5O3/c1-9-28-6-11(17(32)30-9)7-31-8-29-15(20(25,26)19(23)24)14(18(31)33)34-13-4-10(16(21)22)3-12(5-13)27-2/h3-6,8,16,19H,7H2,1H3,(H,28,30,32). The van der Waals surface area contributed by atoms with Crippen molar-refractivity contribution in [3.8, 4) is 11.5 Å². The maximum Gasteiger partial charge on any atom is 0.352 e. The monoisotopic (exact) mass is 485 g/mol. The zero-order chi connectivity index (χ0) is 25.2. The van der Waals surface area contributed by atoms with E-state index < -0.39 is 59.2 Å². The molecular formula is C20H13F6N5O3. The van der Waals surface area contributed by atoms with E-state index in [4.69, 9.17) is 11.3 Å². The summed E-state index contributed by atoms with van der Waals surface area (Å²) in [6, 6.07) is 2.32. The summed E-state index contributed by atoms with van der Waals surface area (Å²) in [7, 11) is 0. The second-order valence-electron chi connectivity index (χ2n) is 6.88. The summed E-state index contributed by atoms with van der Waals surface area (Å²) in [6.07, 6.45) is -5.75. The van der Waals surface area contributed by atoms with Crippen molar-refractivity contribution in [3.63, 3.8) is 0 Å². The van der Waals surface area contributed by atoms with E-state index in [0.29, 0.717) is 17.0 Å². The number of alkyl halides is 6. The van der Waals surface area contributed by atoms with Crippen LogP contribution in [-0.2, 0) is 12.5 Å². The number of aromatic nitrogens is 4. The number of aryl methyl sites for hydroxylation is 1. The van der Waals surface area contributed by atoms with Crippen molar-refractivity contribution in [3.05, 3.63) is 85.5 Å². The maximum atomic E-state index is 14.2. The first kappa shape index (κ1) is 24.5. The Morgan fingerprint density at radius 2 is 1.88 bits per heavy atom. The van der Waals surface area contributed by atoms with Crippen molar-refractivity contribution in [2.24, 2.45) is 0 Å². The third kappa shape index (κ3) is 4.92. The Bertz CT molecular complexity index is 1380. The second-order valence-corrected chi connectivity index (χ2v) is 6.88. The molecule has 8 nitrogen and oxygen atoms in total. The normalized spacial score (nSPS) is 11.6. The number of H-pyrrole nitrogens is 1. The van der Waals surface area contributed by atoms with E-state index in [2.05, 4.69) is 19.8 Å². The van der Waals surface area contributed by atoms with Crippen LogP contribution in [0.1, 0.15) is 29.1 Å². The summed E-state index contributed by atoms with van der Waals surface area (Å²) >= 11 is 0. The average Bonchev–Trinajstić information content (AvgIpc) is 2.77. The minimum atomic E-state index is -4.95. The topological polar surface area (TPSA) is 94.2 Å². The molecule has 0 saturated carbocycles. The summed E-state index contributed by atoms with van der Waals surface area (Å²) in [5, 5.41) is 0. The summed E-state index contributed by atoms with van der Waals surface area (Å²) < 4.78 is 86.3. The molecule has 3 aromatic rings. The SMILES string of the molecule is [C-]#[N+]c1cc(Oc2c(C(F)(F)C(F)F)ncn(Cc3cnc(C)[nH]c3=O)c2=O)cc(C(F)F)c1. The van der Waals surface area contributed by atoms with Crippen LogP contribution >= 0.6 is 0 Å². The number of rotatable bonds is 7.